The Hall–Kier alpha value is -2.34. The van der Waals surface area contributed by atoms with Gasteiger partial charge in [-0.25, -0.2) is 9.59 Å². The number of nitrogens with zero attached hydrogens (tertiary/aromatic N) is 1. The molecule has 0 amide bonds. The Bertz CT molecular complexity index is 808. The predicted molar refractivity (Wildman–Crippen MR) is 101 cm³/mol. The maximum Gasteiger partial charge on any atom is 0.344 e. The Kier molecular flexibility index (Phi) is 7.21. The van der Waals surface area contributed by atoms with E-state index < -0.39 is 5.97 Å². The van der Waals surface area contributed by atoms with E-state index in [4.69, 9.17) is 13.9 Å². The molecule has 1 heterocycles. The molecule has 2 aromatic rings. The summed E-state index contributed by atoms with van der Waals surface area (Å²) in [5, 5.41) is 0.877. The van der Waals surface area contributed by atoms with Gasteiger partial charge in [0.2, 0.25) is 0 Å². The average Bonchev–Trinajstić information content (AvgIpc) is 2.63. The number of rotatable bonds is 9. The Morgan fingerprint density at radius 3 is 2.58 bits per heavy atom. The molecule has 0 bridgehead atoms. The lowest BCUT2D eigenvalue weighted by atomic mass is 10.0. The molecule has 0 spiro atoms. The summed E-state index contributed by atoms with van der Waals surface area (Å²) in [5.41, 5.74) is 1.79. The molecule has 0 radical (unpaired) electrons. The van der Waals surface area contributed by atoms with Gasteiger partial charge in [-0.15, -0.1) is 0 Å². The van der Waals surface area contributed by atoms with Crippen LogP contribution in [0.4, 0.5) is 0 Å². The third-order valence-electron chi connectivity index (χ3n) is 4.49. The first-order valence-electron chi connectivity index (χ1n) is 9.07. The van der Waals surface area contributed by atoms with Crippen LogP contribution >= 0.6 is 0 Å². The molecule has 0 saturated heterocycles. The zero-order valence-corrected chi connectivity index (χ0v) is 16.0. The molecular formula is C20H27NO5. The summed E-state index contributed by atoms with van der Waals surface area (Å²) in [6.45, 7) is 10.8. The lowest BCUT2D eigenvalue weighted by Gasteiger charge is -2.18. The monoisotopic (exact) mass is 361 g/mol. The van der Waals surface area contributed by atoms with E-state index >= 15 is 0 Å². The van der Waals surface area contributed by atoms with Crippen molar-refractivity contribution in [1.82, 2.24) is 4.90 Å². The van der Waals surface area contributed by atoms with E-state index in [1.165, 1.54) is 0 Å². The lowest BCUT2D eigenvalue weighted by molar-refractivity contribution is -0.145. The smallest absolute Gasteiger partial charge is 0.344 e. The molecular weight excluding hydrogens is 334 g/mol. The van der Waals surface area contributed by atoms with Crippen molar-refractivity contribution in [2.24, 2.45) is 0 Å². The van der Waals surface area contributed by atoms with Crippen molar-refractivity contribution in [2.45, 2.75) is 34.1 Å². The second-order valence-electron chi connectivity index (χ2n) is 6.02. The molecule has 2 rings (SSSR count). The molecule has 6 nitrogen and oxygen atoms in total. The average molecular weight is 361 g/mol. The van der Waals surface area contributed by atoms with Crippen LogP contribution in [0.3, 0.4) is 0 Å². The SMILES string of the molecule is CCOC(=O)COc1ccc2c(C)c(CCN(CC)CC)c(=O)oc2c1. The molecule has 0 aliphatic carbocycles. The van der Waals surface area contributed by atoms with Gasteiger partial charge in [-0.3, -0.25) is 0 Å². The van der Waals surface area contributed by atoms with Gasteiger partial charge in [-0.05, 0) is 51.1 Å². The summed E-state index contributed by atoms with van der Waals surface area (Å²) in [6.07, 6.45) is 0.660. The summed E-state index contributed by atoms with van der Waals surface area (Å²) in [6, 6.07) is 5.26. The molecule has 0 unspecified atom stereocenters. The second-order valence-corrected chi connectivity index (χ2v) is 6.02. The minimum atomic E-state index is -0.433. The second kappa shape index (κ2) is 9.38. The maximum atomic E-state index is 12.4. The van der Waals surface area contributed by atoms with Crippen molar-refractivity contribution in [1.29, 1.82) is 0 Å². The van der Waals surface area contributed by atoms with Crippen LogP contribution in [0.25, 0.3) is 11.0 Å². The van der Waals surface area contributed by atoms with Gasteiger partial charge in [0.1, 0.15) is 11.3 Å². The van der Waals surface area contributed by atoms with Crippen molar-refractivity contribution >= 4 is 16.9 Å². The summed E-state index contributed by atoms with van der Waals surface area (Å²) < 4.78 is 15.7. The number of carbonyl (C=O) groups is 1. The molecule has 1 aromatic heterocycles. The molecule has 0 aliphatic rings. The molecule has 142 valence electrons. The minimum absolute atomic E-state index is 0.176. The Balaban J connectivity index is 2.22. The fourth-order valence-electron chi connectivity index (χ4n) is 2.91. The van der Waals surface area contributed by atoms with Crippen molar-refractivity contribution < 1.29 is 18.7 Å². The van der Waals surface area contributed by atoms with Crippen molar-refractivity contribution in [2.75, 3.05) is 32.8 Å². The van der Waals surface area contributed by atoms with Gasteiger partial charge in [0.25, 0.3) is 0 Å². The first-order valence-corrected chi connectivity index (χ1v) is 9.07. The highest BCUT2D eigenvalue weighted by Gasteiger charge is 2.13. The van der Waals surface area contributed by atoms with E-state index in [1.54, 1.807) is 19.1 Å². The van der Waals surface area contributed by atoms with Gasteiger partial charge < -0.3 is 18.8 Å². The van der Waals surface area contributed by atoms with E-state index in [0.717, 1.165) is 30.6 Å². The third kappa shape index (κ3) is 4.85. The molecule has 0 atom stereocenters. The predicted octanol–water partition coefficient (Wildman–Crippen LogP) is 2.93. The number of aryl methyl sites for hydroxylation is 1. The maximum absolute atomic E-state index is 12.4. The Labute approximate surface area is 153 Å². The summed E-state index contributed by atoms with van der Waals surface area (Å²) in [7, 11) is 0. The van der Waals surface area contributed by atoms with Crippen LogP contribution in [-0.4, -0.2) is 43.7 Å². The molecule has 1 aromatic carbocycles. The number of hydrogen-bond acceptors (Lipinski definition) is 6. The number of benzene rings is 1. The lowest BCUT2D eigenvalue weighted by Crippen LogP contribution is -2.27. The van der Waals surface area contributed by atoms with Crippen LogP contribution in [-0.2, 0) is 16.0 Å². The number of likely N-dealkylation sites (N-methyl/N-ethyl adjacent to an activating group) is 1. The van der Waals surface area contributed by atoms with Gasteiger partial charge in [0, 0.05) is 23.6 Å². The van der Waals surface area contributed by atoms with Crippen molar-refractivity contribution in [3.05, 3.63) is 39.7 Å². The van der Waals surface area contributed by atoms with E-state index in [1.807, 2.05) is 13.0 Å². The normalized spacial score (nSPS) is 11.1. The highest BCUT2D eigenvalue weighted by atomic mass is 16.6. The zero-order chi connectivity index (χ0) is 19.1. The fourth-order valence-corrected chi connectivity index (χ4v) is 2.91. The van der Waals surface area contributed by atoms with Crippen LogP contribution in [0.5, 0.6) is 5.75 Å². The molecule has 0 aliphatic heterocycles. The van der Waals surface area contributed by atoms with E-state index in [9.17, 15) is 9.59 Å². The molecule has 26 heavy (non-hydrogen) atoms. The van der Waals surface area contributed by atoms with Gasteiger partial charge >= 0.3 is 11.6 Å². The molecule has 0 fully saturated rings. The summed E-state index contributed by atoms with van der Waals surface area (Å²) in [4.78, 5) is 26.1. The quantitative estimate of drug-likeness (QED) is 0.505. The zero-order valence-electron chi connectivity index (χ0n) is 16.0. The third-order valence-corrected chi connectivity index (χ3v) is 4.49. The van der Waals surface area contributed by atoms with E-state index in [2.05, 4.69) is 18.7 Å². The summed E-state index contributed by atoms with van der Waals surface area (Å²) >= 11 is 0. The van der Waals surface area contributed by atoms with Crippen LogP contribution < -0.4 is 10.4 Å². The fraction of sp³-hybridized carbons (Fsp3) is 0.500. The molecule has 0 N–H and O–H groups in total. The van der Waals surface area contributed by atoms with E-state index in [0.29, 0.717) is 29.9 Å². The first kappa shape index (κ1) is 20.0. The van der Waals surface area contributed by atoms with Crippen LogP contribution in [0.2, 0.25) is 0 Å². The standard InChI is InChI=1S/C20H27NO5/c1-5-21(6-2)11-10-17-14(4)16-9-8-15(12-18(16)26-20(17)23)25-13-19(22)24-7-3/h8-9,12H,5-7,10-11,13H2,1-4H3. The van der Waals surface area contributed by atoms with Gasteiger partial charge in [0.05, 0.1) is 6.61 Å². The number of fused-ring (bicyclic) bond motifs is 1. The number of carbonyl (C=O) groups excluding carboxylic acids is 1. The van der Waals surface area contributed by atoms with Crippen LogP contribution in [0.1, 0.15) is 31.9 Å². The topological polar surface area (TPSA) is 69.0 Å². The van der Waals surface area contributed by atoms with Gasteiger partial charge in [0.15, 0.2) is 6.61 Å². The molecule has 6 heteroatoms. The highest BCUT2D eigenvalue weighted by molar-refractivity contribution is 5.82. The van der Waals surface area contributed by atoms with Crippen molar-refractivity contribution in [3.8, 4) is 5.75 Å². The molecule has 0 saturated carbocycles. The number of esters is 1. The van der Waals surface area contributed by atoms with Gasteiger partial charge in [-0.1, -0.05) is 13.8 Å². The minimum Gasteiger partial charge on any atom is -0.482 e. The van der Waals surface area contributed by atoms with Gasteiger partial charge in [-0.2, -0.15) is 0 Å². The highest BCUT2D eigenvalue weighted by Crippen LogP contribution is 2.24. The van der Waals surface area contributed by atoms with Crippen LogP contribution in [0, 0.1) is 6.92 Å². The van der Waals surface area contributed by atoms with Crippen LogP contribution in [0.15, 0.2) is 27.4 Å². The summed E-state index contributed by atoms with van der Waals surface area (Å²) in [5.74, 6) is 0.0287. The number of hydrogen-bond donors (Lipinski definition) is 0. The number of ether oxygens (including phenoxy) is 2. The van der Waals surface area contributed by atoms with E-state index in [-0.39, 0.29) is 12.2 Å². The van der Waals surface area contributed by atoms with Crippen molar-refractivity contribution in [3.63, 3.8) is 0 Å². The largest absolute Gasteiger partial charge is 0.482 e. The Morgan fingerprint density at radius 1 is 1.19 bits per heavy atom. The first-order chi connectivity index (χ1) is 12.5. The Morgan fingerprint density at radius 2 is 1.92 bits per heavy atom.